The highest BCUT2D eigenvalue weighted by Gasteiger charge is 2.30. The molecule has 194 valence electrons. The van der Waals surface area contributed by atoms with E-state index in [9.17, 15) is 5.11 Å². The first kappa shape index (κ1) is 31.9. The summed E-state index contributed by atoms with van der Waals surface area (Å²) >= 11 is 0. The van der Waals surface area contributed by atoms with Crippen LogP contribution in [0.2, 0.25) is 0 Å². The van der Waals surface area contributed by atoms with E-state index in [4.69, 9.17) is 5.73 Å². The Morgan fingerprint density at radius 2 is 0.844 bits per heavy atom. The van der Waals surface area contributed by atoms with Crippen LogP contribution in [0.4, 0.5) is 0 Å². The van der Waals surface area contributed by atoms with Crippen molar-refractivity contribution < 1.29 is 5.11 Å². The molecule has 0 fully saturated rings. The van der Waals surface area contributed by atoms with Gasteiger partial charge in [0.1, 0.15) is 5.72 Å². The Morgan fingerprint density at radius 1 is 0.562 bits per heavy atom. The van der Waals surface area contributed by atoms with Gasteiger partial charge in [0.2, 0.25) is 0 Å². The summed E-state index contributed by atoms with van der Waals surface area (Å²) < 4.78 is 0. The van der Waals surface area contributed by atoms with Gasteiger partial charge in [0.05, 0.1) is 6.04 Å². The normalized spacial score (nSPS) is 14.7. The third kappa shape index (κ3) is 19.4. The molecule has 0 aromatic rings. The lowest BCUT2D eigenvalue weighted by Crippen LogP contribution is -2.56. The van der Waals surface area contributed by atoms with E-state index in [2.05, 4.69) is 25.7 Å². The average molecular weight is 455 g/mol. The van der Waals surface area contributed by atoms with Crippen molar-refractivity contribution in [1.29, 1.82) is 0 Å². The van der Waals surface area contributed by atoms with Crippen LogP contribution in [0, 0.1) is 0 Å². The Hall–Kier alpha value is -0.120. The van der Waals surface area contributed by atoms with E-state index in [1.54, 1.807) is 6.92 Å². The monoisotopic (exact) mass is 454 g/mol. The molecule has 3 N–H and O–H groups in total. The maximum absolute atomic E-state index is 10.5. The summed E-state index contributed by atoms with van der Waals surface area (Å²) in [7, 11) is 0. The van der Waals surface area contributed by atoms with Crippen LogP contribution in [-0.4, -0.2) is 34.9 Å². The second-order valence-corrected chi connectivity index (χ2v) is 10.5. The quantitative estimate of drug-likeness (QED) is 0.107. The van der Waals surface area contributed by atoms with E-state index >= 15 is 0 Å². The summed E-state index contributed by atoms with van der Waals surface area (Å²) in [6.45, 7) is 10.7. The Labute approximate surface area is 203 Å². The highest BCUT2D eigenvalue weighted by molar-refractivity contribution is 4.84. The summed E-state index contributed by atoms with van der Waals surface area (Å²) in [5.74, 6) is 0. The van der Waals surface area contributed by atoms with Crippen LogP contribution in [0.1, 0.15) is 163 Å². The van der Waals surface area contributed by atoms with Crippen molar-refractivity contribution in [2.75, 3.05) is 13.1 Å². The highest BCUT2D eigenvalue weighted by Crippen LogP contribution is 2.19. The van der Waals surface area contributed by atoms with Gasteiger partial charge in [-0.05, 0) is 39.3 Å². The van der Waals surface area contributed by atoms with Gasteiger partial charge in [-0.2, -0.15) is 0 Å². The number of aliphatic hydroxyl groups is 1. The topological polar surface area (TPSA) is 49.5 Å². The van der Waals surface area contributed by atoms with Crippen molar-refractivity contribution in [3.63, 3.8) is 0 Å². The molecule has 0 amide bonds. The second-order valence-electron chi connectivity index (χ2n) is 10.5. The fraction of sp³-hybridized carbons (Fsp3) is 1.00. The minimum absolute atomic E-state index is 0.0691. The third-order valence-corrected chi connectivity index (χ3v) is 7.10. The standard InChI is InChI=1S/C29H62N2O/c1-5-8-10-12-14-16-18-20-22-24-26-31(28(7-3)29(4,30)32)27-25-23-21-19-17-15-13-11-9-6-2/h28,32H,5-27,30H2,1-4H3. The molecule has 0 aliphatic rings. The molecule has 0 bridgehead atoms. The van der Waals surface area contributed by atoms with Crippen LogP contribution in [0.15, 0.2) is 0 Å². The van der Waals surface area contributed by atoms with E-state index in [1.807, 2.05) is 0 Å². The molecule has 0 saturated carbocycles. The molecule has 2 atom stereocenters. The lowest BCUT2D eigenvalue weighted by Gasteiger charge is -2.38. The highest BCUT2D eigenvalue weighted by atomic mass is 16.3. The minimum Gasteiger partial charge on any atom is -0.375 e. The molecule has 0 rings (SSSR count). The molecule has 0 heterocycles. The Bertz CT molecular complexity index is 343. The second kappa shape index (κ2) is 22.7. The number of nitrogens with two attached hydrogens (primary N) is 1. The number of rotatable bonds is 25. The molecule has 0 aliphatic heterocycles. The Kier molecular flexibility index (Phi) is 22.6. The zero-order valence-electron chi connectivity index (χ0n) is 22.8. The zero-order valence-corrected chi connectivity index (χ0v) is 22.8. The molecule has 0 spiro atoms. The van der Waals surface area contributed by atoms with Crippen LogP contribution in [0.5, 0.6) is 0 Å². The van der Waals surface area contributed by atoms with Crippen LogP contribution in [0.3, 0.4) is 0 Å². The van der Waals surface area contributed by atoms with Crippen molar-refractivity contribution >= 4 is 0 Å². The van der Waals surface area contributed by atoms with E-state index in [0.29, 0.717) is 0 Å². The van der Waals surface area contributed by atoms with E-state index < -0.39 is 5.72 Å². The van der Waals surface area contributed by atoms with Gasteiger partial charge in [-0.1, -0.05) is 136 Å². The van der Waals surface area contributed by atoms with Crippen molar-refractivity contribution in [3.8, 4) is 0 Å². The molecule has 0 radical (unpaired) electrons. The first-order valence-corrected chi connectivity index (χ1v) is 14.7. The number of nitrogens with zero attached hydrogens (tertiary/aromatic N) is 1. The molecular formula is C29H62N2O. The van der Waals surface area contributed by atoms with Crippen molar-refractivity contribution in [1.82, 2.24) is 4.90 Å². The molecule has 32 heavy (non-hydrogen) atoms. The van der Waals surface area contributed by atoms with Gasteiger partial charge in [-0.25, -0.2) is 0 Å². The molecule has 0 saturated heterocycles. The maximum Gasteiger partial charge on any atom is 0.126 e. The molecule has 2 unspecified atom stereocenters. The van der Waals surface area contributed by atoms with Crippen LogP contribution in [-0.2, 0) is 0 Å². The zero-order chi connectivity index (χ0) is 23.9. The van der Waals surface area contributed by atoms with Crippen molar-refractivity contribution in [3.05, 3.63) is 0 Å². The smallest absolute Gasteiger partial charge is 0.126 e. The lowest BCUT2D eigenvalue weighted by molar-refractivity contribution is -0.0324. The van der Waals surface area contributed by atoms with Crippen LogP contribution in [0.25, 0.3) is 0 Å². The fourth-order valence-electron chi connectivity index (χ4n) is 5.07. The molecule has 0 aromatic carbocycles. The first-order valence-electron chi connectivity index (χ1n) is 14.7. The first-order chi connectivity index (χ1) is 15.5. The van der Waals surface area contributed by atoms with Crippen molar-refractivity contribution in [2.45, 2.75) is 174 Å². The predicted molar refractivity (Wildman–Crippen MR) is 144 cm³/mol. The number of unbranched alkanes of at least 4 members (excludes halogenated alkanes) is 18. The Morgan fingerprint density at radius 3 is 1.09 bits per heavy atom. The summed E-state index contributed by atoms with van der Waals surface area (Å²) in [5.41, 5.74) is 5.04. The summed E-state index contributed by atoms with van der Waals surface area (Å²) in [5, 5.41) is 10.5. The maximum atomic E-state index is 10.5. The predicted octanol–water partition coefficient (Wildman–Crippen LogP) is 8.58. The van der Waals surface area contributed by atoms with Gasteiger partial charge in [-0.3, -0.25) is 4.90 Å². The van der Waals surface area contributed by atoms with Crippen LogP contribution < -0.4 is 5.73 Å². The van der Waals surface area contributed by atoms with Gasteiger partial charge in [-0.15, -0.1) is 0 Å². The number of hydrogen-bond acceptors (Lipinski definition) is 3. The summed E-state index contributed by atoms with van der Waals surface area (Å²) in [6, 6.07) is 0.0691. The van der Waals surface area contributed by atoms with Gasteiger partial charge >= 0.3 is 0 Å². The van der Waals surface area contributed by atoms with E-state index in [-0.39, 0.29) is 6.04 Å². The van der Waals surface area contributed by atoms with Gasteiger partial charge < -0.3 is 10.8 Å². The van der Waals surface area contributed by atoms with Gasteiger partial charge in [0.25, 0.3) is 0 Å². The molecule has 3 nitrogen and oxygen atoms in total. The molecule has 3 heteroatoms. The van der Waals surface area contributed by atoms with E-state index in [0.717, 1.165) is 19.5 Å². The minimum atomic E-state index is -1.11. The third-order valence-electron chi connectivity index (χ3n) is 7.10. The largest absolute Gasteiger partial charge is 0.375 e. The average Bonchev–Trinajstić information content (AvgIpc) is 2.75. The molecule has 0 aliphatic carbocycles. The van der Waals surface area contributed by atoms with Gasteiger partial charge in [0, 0.05) is 0 Å². The van der Waals surface area contributed by atoms with E-state index in [1.165, 1.54) is 128 Å². The van der Waals surface area contributed by atoms with Crippen molar-refractivity contribution in [2.24, 2.45) is 5.73 Å². The number of hydrogen-bond donors (Lipinski definition) is 2. The van der Waals surface area contributed by atoms with Gasteiger partial charge in [0.15, 0.2) is 0 Å². The summed E-state index contributed by atoms with van der Waals surface area (Å²) in [4.78, 5) is 2.50. The summed E-state index contributed by atoms with van der Waals surface area (Å²) in [6.07, 6.45) is 28.3. The lowest BCUT2D eigenvalue weighted by atomic mass is 10.00. The fourth-order valence-corrected chi connectivity index (χ4v) is 5.07. The molecular weight excluding hydrogens is 392 g/mol. The van der Waals surface area contributed by atoms with Crippen LogP contribution >= 0.6 is 0 Å². The SMILES string of the molecule is CCCCCCCCCCCCN(CCCCCCCCCCCC)C(CC)C(C)(N)O. The Balaban J connectivity index is 4.02. The molecule has 0 aromatic heterocycles.